The summed E-state index contributed by atoms with van der Waals surface area (Å²) in [6, 6.07) is 15.6. The summed E-state index contributed by atoms with van der Waals surface area (Å²) in [6.45, 7) is 0. The van der Waals surface area contributed by atoms with Crippen LogP contribution in [0.25, 0.3) is 21.9 Å². The number of aromatic nitrogens is 1. The number of rotatable bonds is 2. The van der Waals surface area contributed by atoms with Crippen LogP contribution in [0.3, 0.4) is 0 Å². The van der Waals surface area contributed by atoms with Gasteiger partial charge in [0.25, 0.3) is 0 Å². The van der Waals surface area contributed by atoms with E-state index in [-0.39, 0.29) is 11.4 Å². The lowest BCUT2D eigenvalue weighted by Gasteiger charge is -2.22. The summed E-state index contributed by atoms with van der Waals surface area (Å²) in [7, 11) is 2.13. The van der Waals surface area contributed by atoms with E-state index in [1.165, 1.54) is 48.0 Å². The highest BCUT2D eigenvalue weighted by Crippen LogP contribution is 2.42. The van der Waals surface area contributed by atoms with Gasteiger partial charge < -0.3 is 4.57 Å². The minimum atomic E-state index is -0.131. The fourth-order valence-electron chi connectivity index (χ4n) is 5.00. The second-order valence-corrected chi connectivity index (χ2v) is 9.38. The molecular formula is C26H21N3OS. The lowest BCUT2D eigenvalue weighted by molar-refractivity contribution is 0.104. The Morgan fingerprint density at radius 1 is 1.10 bits per heavy atom. The van der Waals surface area contributed by atoms with Crippen molar-refractivity contribution in [2.24, 2.45) is 7.05 Å². The van der Waals surface area contributed by atoms with Gasteiger partial charge in [0, 0.05) is 34.3 Å². The van der Waals surface area contributed by atoms with Crippen LogP contribution in [0.15, 0.2) is 47.5 Å². The smallest absolute Gasteiger partial charge is 0.194 e. The van der Waals surface area contributed by atoms with Crippen molar-refractivity contribution >= 4 is 39.0 Å². The quantitative estimate of drug-likeness (QED) is 0.355. The molecule has 31 heavy (non-hydrogen) atoms. The normalized spacial score (nSPS) is 17.7. The second kappa shape index (κ2) is 7.69. The van der Waals surface area contributed by atoms with E-state index in [1.807, 2.05) is 30.3 Å². The van der Waals surface area contributed by atoms with Crippen molar-refractivity contribution < 1.29 is 4.79 Å². The van der Waals surface area contributed by atoms with Gasteiger partial charge in [-0.3, -0.25) is 4.79 Å². The molecule has 0 spiro atoms. The topological polar surface area (TPSA) is 69.6 Å². The Hall–Kier alpha value is -3.41. The molecule has 5 heteroatoms. The van der Waals surface area contributed by atoms with E-state index in [0.29, 0.717) is 28.2 Å². The number of ketones is 1. The summed E-state index contributed by atoms with van der Waals surface area (Å²) in [6.07, 6.45) is 8.31. The first-order valence-electron chi connectivity index (χ1n) is 10.6. The summed E-state index contributed by atoms with van der Waals surface area (Å²) < 4.78 is 3.51. The predicted octanol–water partition coefficient (Wildman–Crippen LogP) is 6.37. The maximum Gasteiger partial charge on any atom is 0.194 e. The number of thiophene rings is 1. The van der Waals surface area contributed by atoms with E-state index in [4.69, 9.17) is 0 Å². The summed E-state index contributed by atoms with van der Waals surface area (Å²) in [5.41, 5.74) is 4.65. The van der Waals surface area contributed by atoms with Gasteiger partial charge in [0.1, 0.15) is 17.7 Å². The molecule has 2 heterocycles. The SMILES string of the molecule is Cn1c(C2CCCCC2)cc2sc(/C=C3\C(=O)c4ccccc4C3=C(C#N)C#N)cc21. The molecule has 1 saturated carbocycles. The number of aryl methyl sites for hydroxylation is 1. The number of nitriles is 2. The number of carbonyl (C=O) groups excluding carboxylic acids is 1. The molecule has 0 unspecified atom stereocenters. The van der Waals surface area contributed by atoms with Crippen molar-refractivity contribution in [1.29, 1.82) is 10.5 Å². The van der Waals surface area contributed by atoms with Gasteiger partial charge in [0.2, 0.25) is 0 Å². The summed E-state index contributed by atoms with van der Waals surface area (Å²) in [5.74, 6) is 0.503. The van der Waals surface area contributed by atoms with E-state index in [9.17, 15) is 15.3 Å². The van der Waals surface area contributed by atoms with Crippen molar-refractivity contribution in [3.8, 4) is 12.1 Å². The van der Waals surface area contributed by atoms with Gasteiger partial charge >= 0.3 is 0 Å². The summed E-state index contributed by atoms with van der Waals surface area (Å²) in [4.78, 5) is 14.1. The van der Waals surface area contributed by atoms with Crippen LogP contribution < -0.4 is 0 Å². The van der Waals surface area contributed by atoms with Gasteiger partial charge in [-0.15, -0.1) is 11.3 Å². The molecule has 0 saturated heterocycles. The Kier molecular flexibility index (Phi) is 4.85. The first kappa shape index (κ1) is 19.5. The van der Waals surface area contributed by atoms with Gasteiger partial charge in [-0.2, -0.15) is 10.5 Å². The Morgan fingerprint density at radius 2 is 1.81 bits per heavy atom. The minimum Gasteiger partial charge on any atom is -0.347 e. The number of nitrogens with zero attached hydrogens (tertiary/aromatic N) is 3. The molecule has 2 aromatic heterocycles. The Morgan fingerprint density at radius 3 is 2.48 bits per heavy atom. The molecule has 5 rings (SSSR count). The van der Waals surface area contributed by atoms with Crippen LogP contribution in [0.2, 0.25) is 0 Å². The van der Waals surface area contributed by atoms with Crippen molar-refractivity contribution in [3.05, 3.63) is 69.2 Å². The first-order chi connectivity index (χ1) is 15.1. The summed E-state index contributed by atoms with van der Waals surface area (Å²) >= 11 is 1.65. The van der Waals surface area contributed by atoms with E-state index in [0.717, 1.165) is 4.88 Å². The van der Waals surface area contributed by atoms with Gasteiger partial charge in [-0.1, -0.05) is 43.5 Å². The number of hydrogen-bond donors (Lipinski definition) is 0. The van der Waals surface area contributed by atoms with Crippen LogP contribution in [0, 0.1) is 22.7 Å². The molecule has 0 bridgehead atoms. The second-order valence-electron chi connectivity index (χ2n) is 8.27. The molecule has 3 aromatic rings. The van der Waals surface area contributed by atoms with E-state index >= 15 is 0 Å². The highest BCUT2D eigenvalue weighted by atomic mass is 32.1. The number of allylic oxidation sites excluding steroid dienone is 3. The third kappa shape index (κ3) is 3.14. The monoisotopic (exact) mass is 423 g/mol. The molecule has 2 aliphatic rings. The van der Waals surface area contributed by atoms with Gasteiger partial charge in [-0.05, 0) is 42.5 Å². The van der Waals surface area contributed by atoms with Crippen LogP contribution >= 0.6 is 11.3 Å². The third-order valence-corrected chi connectivity index (χ3v) is 7.54. The molecule has 0 radical (unpaired) electrons. The number of carbonyl (C=O) groups is 1. The molecule has 0 atom stereocenters. The van der Waals surface area contributed by atoms with Gasteiger partial charge in [0.15, 0.2) is 5.78 Å². The fraction of sp³-hybridized carbons (Fsp3) is 0.269. The average Bonchev–Trinajstić information content (AvgIpc) is 3.43. The molecule has 2 aliphatic carbocycles. The number of Topliss-reactive ketones (excluding diaryl/α,β-unsaturated/α-hetero) is 1. The van der Waals surface area contributed by atoms with Crippen LogP contribution in [0.4, 0.5) is 0 Å². The zero-order valence-corrected chi connectivity index (χ0v) is 18.1. The first-order valence-corrected chi connectivity index (χ1v) is 11.4. The fourth-order valence-corrected chi connectivity index (χ4v) is 6.08. The Labute approximate surface area is 185 Å². The van der Waals surface area contributed by atoms with Crippen molar-refractivity contribution in [3.63, 3.8) is 0 Å². The molecule has 0 aliphatic heterocycles. The number of benzene rings is 1. The molecule has 1 aromatic carbocycles. The zero-order valence-electron chi connectivity index (χ0n) is 17.3. The van der Waals surface area contributed by atoms with Crippen LogP contribution in [0.1, 0.15) is 64.5 Å². The van der Waals surface area contributed by atoms with E-state index in [2.05, 4.69) is 23.7 Å². The molecule has 0 amide bonds. The van der Waals surface area contributed by atoms with Crippen LogP contribution in [-0.4, -0.2) is 10.4 Å². The van der Waals surface area contributed by atoms with Crippen LogP contribution in [0.5, 0.6) is 0 Å². The highest BCUT2D eigenvalue weighted by molar-refractivity contribution is 7.19. The summed E-state index contributed by atoms with van der Waals surface area (Å²) in [5, 5.41) is 19.0. The Balaban J connectivity index is 1.60. The van der Waals surface area contributed by atoms with E-state index in [1.54, 1.807) is 23.5 Å². The standard InChI is InChI=1S/C26H21N3OS/c1-29-22(16-7-3-2-4-8-16)13-24-23(29)12-18(31-24)11-21-25(17(14-27)15-28)19-9-5-6-10-20(19)26(21)30/h5-6,9-13,16H,2-4,7-8H2,1H3/b21-11-. The van der Waals surface area contributed by atoms with Crippen molar-refractivity contribution in [2.75, 3.05) is 0 Å². The third-order valence-electron chi connectivity index (χ3n) is 6.53. The molecule has 0 N–H and O–H groups in total. The number of hydrogen-bond acceptors (Lipinski definition) is 4. The zero-order chi connectivity index (χ0) is 21.5. The van der Waals surface area contributed by atoms with Gasteiger partial charge in [0.05, 0.1) is 10.2 Å². The van der Waals surface area contributed by atoms with Crippen molar-refractivity contribution in [1.82, 2.24) is 4.57 Å². The molecule has 152 valence electrons. The molecular weight excluding hydrogens is 402 g/mol. The minimum absolute atomic E-state index is 0.0229. The lowest BCUT2D eigenvalue weighted by Crippen LogP contribution is -2.08. The molecule has 1 fully saturated rings. The predicted molar refractivity (Wildman–Crippen MR) is 124 cm³/mol. The van der Waals surface area contributed by atoms with Crippen LogP contribution in [-0.2, 0) is 7.05 Å². The van der Waals surface area contributed by atoms with Gasteiger partial charge in [-0.25, -0.2) is 0 Å². The average molecular weight is 424 g/mol. The van der Waals surface area contributed by atoms with Crippen molar-refractivity contribution in [2.45, 2.75) is 38.0 Å². The largest absolute Gasteiger partial charge is 0.347 e. The highest BCUT2D eigenvalue weighted by Gasteiger charge is 2.32. The Bertz CT molecular complexity index is 1350. The lowest BCUT2D eigenvalue weighted by atomic mass is 9.87. The maximum absolute atomic E-state index is 13.1. The van der Waals surface area contributed by atoms with E-state index < -0.39 is 0 Å². The molecule has 4 nitrogen and oxygen atoms in total. The maximum atomic E-state index is 13.1. The number of fused-ring (bicyclic) bond motifs is 2.